The fourth-order valence-electron chi connectivity index (χ4n) is 2.42. The van der Waals surface area contributed by atoms with Crippen LogP contribution in [0.1, 0.15) is 53.9 Å². The third kappa shape index (κ3) is 8.51. The van der Waals surface area contributed by atoms with Gasteiger partial charge < -0.3 is 15.2 Å². The van der Waals surface area contributed by atoms with Gasteiger partial charge in [0.05, 0.1) is 5.41 Å². The molecule has 0 bridgehead atoms. The van der Waals surface area contributed by atoms with E-state index >= 15 is 0 Å². The summed E-state index contributed by atoms with van der Waals surface area (Å²) in [7, 11) is 0. The third-order valence-electron chi connectivity index (χ3n) is 3.23. The lowest BCUT2D eigenvalue weighted by atomic mass is 9.76. The molecule has 0 aromatic rings. The van der Waals surface area contributed by atoms with Crippen LogP contribution in [0.4, 0.5) is 4.79 Å². The van der Waals surface area contributed by atoms with Gasteiger partial charge in [-0.05, 0) is 58.0 Å². The van der Waals surface area contributed by atoms with Crippen LogP contribution in [0.25, 0.3) is 0 Å². The van der Waals surface area contributed by atoms with Crippen LogP contribution < -0.4 is 5.32 Å². The highest BCUT2D eigenvalue weighted by Crippen LogP contribution is 2.32. The molecule has 130 valence electrons. The Morgan fingerprint density at radius 1 is 1.27 bits per heavy atom. The van der Waals surface area contributed by atoms with E-state index in [-0.39, 0.29) is 12.5 Å². The van der Waals surface area contributed by atoms with Gasteiger partial charge in [-0.15, -0.1) is 0 Å². The number of rotatable bonds is 9. The number of hydrogen-bond acceptors (Lipinski definition) is 4. The van der Waals surface area contributed by atoms with Crippen molar-refractivity contribution in [2.75, 3.05) is 18.6 Å². The minimum Gasteiger partial charge on any atom is -0.481 e. The fraction of sp³-hybridized carbons (Fsp3) is 0.875. The van der Waals surface area contributed by atoms with Crippen LogP contribution in [0.5, 0.6) is 0 Å². The van der Waals surface area contributed by atoms with Gasteiger partial charge in [-0.3, -0.25) is 4.79 Å². The number of alkyl carbamates (subject to hydrolysis) is 1. The summed E-state index contributed by atoms with van der Waals surface area (Å²) in [5.74, 6) is 0.309. The third-order valence-corrected chi connectivity index (χ3v) is 3.92. The summed E-state index contributed by atoms with van der Waals surface area (Å²) in [6.07, 6.45) is 3.34. The predicted molar refractivity (Wildman–Crippen MR) is 91.4 cm³/mol. The van der Waals surface area contributed by atoms with E-state index in [1.807, 2.05) is 20.1 Å². The molecule has 0 aliphatic carbocycles. The summed E-state index contributed by atoms with van der Waals surface area (Å²) in [6.45, 7) is 9.44. The summed E-state index contributed by atoms with van der Waals surface area (Å²) < 4.78 is 5.20. The molecule has 1 atom stereocenters. The first-order valence-electron chi connectivity index (χ1n) is 7.71. The number of ether oxygens (including phenoxy) is 1. The first kappa shape index (κ1) is 21.1. The molecule has 1 amide bonds. The van der Waals surface area contributed by atoms with Crippen molar-refractivity contribution in [3.8, 4) is 0 Å². The van der Waals surface area contributed by atoms with Crippen LogP contribution in [-0.4, -0.2) is 41.3 Å². The summed E-state index contributed by atoms with van der Waals surface area (Å²) in [5.41, 5.74) is -1.52. The molecule has 0 saturated heterocycles. The van der Waals surface area contributed by atoms with Gasteiger partial charge in [0.2, 0.25) is 0 Å². The molecule has 0 aliphatic heterocycles. The van der Waals surface area contributed by atoms with Crippen LogP contribution in [-0.2, 0) is 9.53 Å². The van der Waals surface area contributed by atoms with Gasteiger partial charge in [-0.1, -0.05) is 13.8 Å². The van der Waals surface area contributed by atoms with Gasteiger partial charge in [0.15, 0.2) is 0 Å². The standard InChI is InChI=1S/C16H31NO4S/c1-12(2)10-16(13(18)19,8-7-9-22-6)11-17-14(20)21-15(3,4)5/h12H,7-11H2,1-6H3,(H,17,20)(H,18,19). The molecule has 0 aromatic heterocycles. The predicted octanol–water partition coefficient (Wildman–Crippen LogP) is 3.77. The molecule has 5 nitrogen and oxygen atoms in total. The molecule has 0 aromatic carbocycles. The van der Waals surface area contributed by atoms with Gasteiger partial charge in [0, 0.05) is 6.54 Å². The molecule has 0 aliphatic rings. The zero-order valence-electron chi connectivity index (χ0n) is 14.7. The highest BCUT2D eigenvalue weighted by Gasteiger charge is 2.39. The molecule has 6 heteroatoms. The Labute approximate surface area is 138 Å². The molecule has 0 radical (unpaired) electrons. The Morgan fingerprint density at radius 3 is 2.27 bits per heavy atom. The van der Waals surface area contributed by atoms with Crippen molar-refractivity contribution in [3.63, 3.8) is 0 Å². The minimum absolute atomic E-state index is 0.101. The van der Waals surface area contributed by atoms with E-state index in [0.717, 1.165) is 12.2 Å². The Morgan fingerprint density at radius 2 is 1.86 bits per heavy atom. The second-order valence-electron chi connectivity index (χ2n) is 7.14. The zero-order chi connectivity index (χ0) is 17.4. The van der Waals surface area contributed by atoms with Crippen LogP contribution >= 0.6 is 11.8 Å². The highest BCUT2D eigenvalue weighted by atomic mass is 32.2. The van der Waals surface area contributed by atoms with E-state index in [2.05, 4.69) is 5.32 Å². The Kier molecular flexibility index (Phi) is 8.89. The molecular formula is C16H31NO4S. The van der Waals surface area contributed by atoms with E-state index in [4.69, 9.17) is 4.74 Å². The lowest BCUT2D eigenvalue weighted by molar-refractivity contribution is -0.150. The number of carboxylic acid groups (broad SMARTS) is 1. The van der Waals surface area contributed by atoms with Crippen molar-refractivity contribution >= 4 is 23.8 Å². The molecular weight excluding hydrogens is 302 g/mol. The molecule has 2 N–H and O–H groups in total. The Bertz CT molecular complexity index is 366. The van der Waals surface area contributed by atoms with E-state index in [0.29, 0.717) is 12.8 Å². The van der Waals surface area contributed by atoms with E-state index in [1.54, 1.807) is 32.5 Å². The average molecular weight is 333 g/mol. The number of carbonyl (C=O) groups is 2. The van der Waals surface area contributed by atoms with Crippen molar-refractivity contribution < 1.29 is 19.4 Å². The van der Waals surface area contributed by atoms with E-state index in [9.17, 15) is 14.7 Å². The maximum atomic E-state index is 11.8. The maximum absolute atomic E-state index is 11.8. The summed E-state index contributed by atoms with van der Waals surface area (Å²) in [5, 5.41) is 12.4. The summed E-state index contributed by atoms with van der Waals surface area (Å²) in [6, 6.07) is 0. The second-order valence-corrected chi connectivity index (χ2v) is 8.12. The number of thioether (sulfide) groups is 1. The van der Waals surface area contributed by atoms with Gasteiger partial charge in [0.1, 0.15) is 5.60 Å². The van der Waals surface area contributed by atoms with Crippen molar-refractivity contribution in [3.05, 3.63) is 0 Å². The van der Waals surface area contributed by atoms with Crippen molar-refractivity contribution in [2.45, 2.75) is 59.5 Å². The van der Waals surface area contributed by atoms with Crippen LogP contribution in [0.3, 0.4) is 0 Å². The maximum Gasteiger partial charge on any atom is 0.407 e. The molecule has 0 spiro atoms. The van der Waals surface area contributed by atoms with Gasteiger partial charge in [-0.2, -0.15) is 11.8 Å². The number of hydrogen-bond donors (Lipinski definition) is 2. The second kappa shape index (κ2) is 9.28. The molecule has 0 saturated carbocycles. The smallest absolute Gasteiger partial charge is 0.407 e. The number of amides is 1. The molecule has 1 unspecified atom stereocenters. The zero-order valence-corrected chi connectivity index (χ0v) is 15.5. The number of carbonyl (C=O) groups excluding carboxylic acids is 1. The van der Waals surface area contributed by atoms with Crippen LogP contribution in [0.2, 0.25) is 0 Å². The van der Waals surface area contributed by atoms with E-state index < -0.39 is 23.1 Å². The fourth-order valence-corrected chi connectivity index (χ4v) is 2.86. The SMILES string of the molecule is CSCCCC(CNC(=O)OC(C)(C)C)(CC(C)C)C(=O)O. The average Bonchev–Trinajstić information content (AvgIpc) is 2.33. The summed E-state index contributed by atoms with van der Waals surface area (Å²) in [4.78, 5) is 23.7. The molecule has 22 heavy (non-hydrogen) atoms. The first-order valence-corrected chi connectivity index (χ1v) is 9.11. The van der Waals surface area contributed by atoms with Gasteiger partial charge in [0.25, 0.3) is 0 Å². The molecule has 0 rings (SSSR count). The number of aliphatic carboxylic acids is 1. The summed E-state index contributed by atoms with van der Waals surface area (Å²) >= 11 is 1.70. The first-order chi connectivity index (χ1) is 10.0. The number of nitrogens with one attached hydrogen (secondary N) is 1. The lowest BCUT2D eigenvalue weighted by Crippen LogP contribution is -2.45. The van der Waals surface area contributed by atoms with Crippen LogP contribution in [0, 0.1) is 11.3 Å². The lowest BCUT2D eigenvalue weighted by Gasteiger charge is -2.32. The van der Waals surface area contributed by atoms with Crippen molar-refractivity contribution in [1.82, 2.24) is 5.32 Å². The minimum atomic E-state index is -0.930. The van der Waals surface area contributed by atoms with Gasteiger partial charge >= 0.3 is 12.1 Å². The van der Waals surface area contributed by atoms with Crippen molar-refractivity contribution in [2.24, 2.45) is 11.3 Å². The van der Waals surface area contributed by atoms with Crippen molar-refractivity contribution in [1.29, 1.82) is 0 Å². The number of carboxylic acids is 1. The topological polar surface area (TPSA) is 75.6 Å². The quantitative estimate of drug-likeness (QED) is 0.628. The normalized spacial score (nSPS) is 14.5. The van der Waals surface area contributed by atoms with Crippen LogP contribution in [0.15, 0.2) is 0 Å². The highest BCUT2D eigenvalue weighted by molar-refractivity contribution is 7.98. The Balaban J connectivity index is 4.89. The largest absolute Gasteiger partial charge is 0.481 e. The Hall–Kier alpha value is -0.910. The van der Waals surface area contributed by atoms with E-state index in [1.165, 1.54) is 0 Å². The molecule has 0 heterocycles. The molecule has 0 fully saturated rings. The van der Waals surface area contributed by atoms with Gasteiger partial charge in [-0.25, -0.2) is 4.79 Å². The monoisotopic (exact) mass is 333 g/mol.